The van der Waals surface area contributed by atoms with Gasteiger partial charge in [0.2, 0.25) is 0 Å². The van der Waals surface area contributed by atoms with Crippen LogP contribution in [0.3, 0.4) is 0 Å². The lowest BCUT2D eigenvalue weighted by molar-refractivity contribution is 0.0455. The molecule has 1 aliphatic rings. The fourth-order valence-electron chi connectivity index (χ4n) is 1.58. The molecule has 0 aromatic heterocycles. The molecule has 4 heteroatoms. The summed E-state index contributed by atoms with van der Waals surface area (Å²) in [5, 5.41) is 4.11. The molecule has 0 radical (unpaired) electrons. The van der Waals surface area contributed by atoms with Crippen molar-refractivity contribution in [1.29, 1.82) is 0 Å². The SMILES string of the molecule is CC(C)NCc1cc(Br)ccc1SC1COC1. The number of nitrogens with one attached hydrogen (secondary N) is 1. The van der Waals surface area contributed by atoms with Gasteiger partial charge in [0.05, 0.1) is 18.5 Å². The maximum Gasteiger partial charge on any atom is 0.0611 e. The maximum absolute atomic E-state index is 5.22. The fraction of sp³-hybridized carbons (Fsp3) is 0.538. The van der Waals surface area contributed by atoms with E-state index in [4.69, 9.17) is 4.74 Å². The number of hydrogen-bond acceptors (Lipinski definition) is 3. The Bertz CT molecular complexity index is 380. The molecule has 0 unspecified atom stereocenters. The van der Waals surface area contributed by atoms with E-state index in [-0.39, 0.29) is 0 Å². The predicted molar refractivity (Wildman–Crippen MR) is 76.6 cm³/mol. The van der Waals surface area contributed by atoms with Crippen molar-refractivity contribution < 1.29 is 4.74 Å². The van der Waals surface area contributed by atoms with Gasteiger partial charge in [-0.1, -0.05) is 29.8 Å². The third kappa shape index (κ3) is 3.98. The number of hydrogen-bond donors (Lipinski definition) is 1. The summed E-state index contributed by atoms with van der Waals surface area (Å²) in [6.07, 6.45) is 0. The van der Waals surface area contributed by atoms with Gasteiger partial charge in [0.25, 0.3) is 0 Å². The molecule has 17 heavy (non-hydrogen) atoms. The summed E-state index contributed by atoms with van der Waals surface area (Å²) in [6, 6.07) is 7.03. The largest absolute Gasteiger partial charge is 0.379 e. The molecule has 0 bridgehead atoms. The minimum atomic E-state index is 0.513. The Hall–Kier alpha value is -0.0300. The van der Waals surface area contributed by atoms with Crippen molar-refractivity contribution in [3.63, 3.8) is 0 Å². The van der Waals surface area contributed by atoms with E-state index in [2.05, 4.69) is 53.3 Å². The molecular formula is C13H18BrNOS. The smallest absolute Gasteiger partial charge is 0.0611 e. The molecule has 1 fully saturated rings. The summed E-state index contributed by atoms with van der Waals surface area (Å²) in [5.74, 6) is 0. The lowest BCUT2D eigenvalue weighted by Crippen LogP contribution is -2.30. The summed E-state index contributed by atoms with van der Waals surface area (Å²) in [6.45, 7) is 7.04. The second kappa shape index (κ2) is 6.23. The van der Waals surface area contributed by atoms with Crippen LogP contribution in [0.1, 0.15) is 19.4 Å². The zero-order valence-electron chi connectivity index (χ0n) is 10.2. The second-order valence-electron chi connectivity index (χ2n) is 4.56. The molecule has 1 heterocycles. The predicted octanol–water partition coefficient (Wildman–Crippen LogP) is 3.44. The quantitative estimate of drug-likeness (QED) is 0.899. The fourth-order valence-corrected chi connectivity index (χ4v) is 3.10. The molecule has 1 aliphatic heterocycles. The van der Waals surface area contributed by atoms with Crippen molar-refractivity contribution in [1.82, 2.24) is 5.32 Å². The number of halogens is 1. The standard InChI is InChI=1S/C13H18BrNOS/c1-9(2)15-6-10-5-11(14)3-4-13(10)17-12-7-16-8-12/h3-5,9,12,15H,6-8H2,1-2H3. The van der Waals surface area contributed by atoms with Crippen LogP contribution in [-0.2, 0) is 11.3 Å². The third-order valence-electron chi connectivity index (χ3n) is 2.62. The zero-order valence-corrected chi connectivity index (χ0v) is 12.6. The van der Waals surface area contributed by atoms with Crippen LogP contribution in [0, 0.1) is 0 Å². The highest BCUT2D eigenvalue weighted by atomic mass is 79.9. The number of ether oxygens (including phenoxy) is 1. The normalized spacial score (nSPS) is 16.2. The lowest BCUT2D eigenvalue weighted by atomic mass is 10.2. The highest BCUT2D eigenvalue weighted by molar-refractivity contribution is 9.10. The first kappa shape index (κ1) is 13.4. The van der Waals surface area contributed by atoms with Crippen LogP contribution in [0.4, 0.5) is 0 Å². The molecule has 0 atom stereocenters. The van der Waals surface area contributed by atoms with Crippen molar-refractivity contribution >= 4 is 27.7 Å². The van der Waals surface area contributed by atoms with E-state index in [0.29, 0.717) is 11.3 Å². The summed E-state index contributed by atoms with van der Waals surface area (Å²) in [5.41, 5.74) is 1.37. The van der Waals surface area contributed by atoms with Gasteiger partial charge < -0.3 is 10.1 Å². The molecule has 2 nitrogen and oxygen atoms in total. The summed E-state index contributed by atoms with van der Waals surface area (Å²) >= 11 is 5.47. The van der Waals surface area contributed by atoms with E-state index in [0.717, 1.165) is 24.2 Å². The van der Waals surface area contributed by atoms with Gasteiger partial charge in [-0.25, -0.2) is 0 Å². The Labute approximate surface area is 116 Å². The first-order valence-electron chi connectivity index (χ1n) is 5.91. The molecule has 0 saturated carbocycles. The number of thioether (sulfide) groups is 1. The molecule has 0 aliphatic carbocycles. The van der Waals surface area contributed by atoms with Gasteiger partial charge >= 0.3 is 0 Å². The topological polar surface area (TPSA) is 21.3 Å². The lowest BCUT2D eigenvalue weighted by Gasteiger charge is -2.26. The van der Waals surface area contributed by atoms with Gasteiger partial charge in [-0.05, 0) is 23.8 Å². The Morgan fingerprint density at radius 3 is 2.82 bits per heavy atom. The van der Waals surface area contributed by atoms with E-state index >= 15 is 0 Å². The number of rotatable bonds is 5. The molecular weight excluding hydrogens is 298 g/mol. The van der Waals surface area contributed by atoms with Crippen molar-refractivity contribution in [2.24, 2.45) is 0 Å². The van der Waals surface area contributed by atoms with E-state index in [1.165, 1.54) is 10.5 Å². The minimum Gasteiger partial charge on any atom is -0.379 e. The first-order valence-corrected chi connectivity index (χ1v) is 7.58. The van der Waals surface area contributed by atoms with E-state index in [1.807, 2.05) is 11.8 Å². The van der Waals surface area contributed by atoms with E-state index < -0.39 is 0 Å². The van der Waals surface area contributed by atoms with Gasteiger partial charge in [0.1, 0.15) is 0 Å². The molecule has 2 rings (SSSR count). The minimum absolute atomic E-state index is 0.513. The second-order valence-corrected chi connectivity index (χ2v) is 6.82. The average molecular weight is 316 g/mol. The van der Waals surface area contributed by atoms with Gasteiger partial charge in [0, 0.05) is 22.0 Å². The van der Waals surface area contributed by atoms with E-state index in [1.54, 1.807) is 0 Å². The van der Waals surface area contributed by atoms with Crippen LogP contribution in [0.25, 0.3) is 0 Å². The van der Waals surface area contributed by atoms with Gasteiger partial charge in [-0.15, -0.1) is 11.8 Å². The summed E-state index contributed by atoms with van der Waals surface area (Å²) in [4.78, 5) is 1.37. The van der Waals surface area contributed by atoms with Crippen LogP contribution in [0.2, 0.25) is 0 Å². The molecule has 1 aromatic carbocycles. The van der Waals surface area contributed by atoms with Crippen molar-refractivity contribution in [2.45, 2.75) is 36.6 Å². The third-order valence-corrected chi connectivity index (χ3v) is 4.38. The highest BCUT2D eigenvalue weighted by Crippen LogP contribution is 2.32. The molecule has 1 N–H and O–H groups in total. The van der Waals surface area contributed by atoms with Crippen LogP contribution in [0.5, 0.6) is 0 Å². The number of benzene rings is 1. The Balaban J connectivity index is 2.06. The summed E-state index contributed by atoms with van der Waals surface area (Å²) in [7, 11) is 0. The van der Waals surface area contributed by atoms with Gasteiger partial charge in [0.15, 0.2) is 0 Å². The van der Waals surface area contributed by atoms with Crippen molar-refractivity contribution in [3.05, 3.63) is 28.2 Å². The van der Waals surface area contributed by atoms with Crippen molar-refractivity contribution in [2.75, 3.05) is 13.2 Å². The van der Waals surface area contributed by atoms with Gasteiger partial charge in [-0.2, -0.15) is 0 Å². The summed E-state index contributed by atoms with van der Waals surface area (Å²) < 4.78 is 6.37. The van der Waals surface area contributed by atoms with Crippen LogP contribution in [-0.4, -0.2) is 24.5 Å². The molecule has 0 spiro atoms. The van der Waals surface area contributed by atoms with E-state index in [9.17, 15) is 0 Å². The molecule has 94 valence electrons. The van der Waals surface area contributed by atoms with Crippen LogP contribution in [0.15, 0.2) is 27.6 Å². The van der Waals surface area contributed by atoms with Gasteiger partial charge in [-0.3, -0.25) is 0 Å². The zero-order chi connectivity index (χ0) is 12.3. The first-order chi connectivity index (χ1) is 8.15. The monoisotopic (exact) mass is 315 g/mol. The Kier molecular flexibility index (Phi) is 4.91. The Morgan fingerprint density at radius 1 is 1.47 bits per heavy atom. The Morgan fingerprint density at radius 2 is 2.24 bits per heavy atom. The highest BCUT2D eigenvalue weighted by Gasteiger charge is 2.20. The van der Waals surface area contributed by atoms with Crippen molar-refractivity contribution in [3.8, 4) is 0 Å². The molecule has 0 amide bonds. The molecule has 1 saturated heterocycles. The molecule has 1 aromatic rings. The van der Waals surface area contributed by atoms with Crippen LogP contribution >= 0.6 is 27.7 Å². The average Bonchev–Trinajstić information content (AvgIpc) is 2.22. The maximum atomic E-state index is 5.22. The van der Waals surface area contributed by atoms with Crippen LogP contribution < -0.4 is 5.32 Å².